The van der Waals surface area contributed by atoms with E-state index in [1.54, 1.807) is 27.1 Å². The zero-order chi connectivity index (χ0) is 22.9. The van der Waals surface area contributed by atoms with Gasteiger partial charge in [-0.2, -0.15) is 18.2 Å². The van der Waals surface area contributed by atoms with Crippen molar-refractivity contribution in [2.45, 2.75) is 45.7 Å². The summed E-state index contributed by atoms with van der Waals surface area (Å²) in [6.07, 6.45) is 0. The van der Waals surface area contributed by atoms with Gasteiger partial charge in [-0.3, -0.25) is 0 Å². The molecule has 0 heterocycles. The van der Waals surface area contributed by atoms with Crippen molar-refractivity contribution >= 4 is 40.8 Å². The van der Waals surface area contributed by atoms with Gasteiger partial charge in [-0.15, -0.1) is 39.7 Å². The van der Waals surface area contributed by atoms with E-state index in [4.69, 9.17) is 4.43 Å². The van der Waals surface area contributed by atoms with Crippen LogP contribution in [0.3, 0.4) is 0 Å². The normalized spacial score (nSPS) is 10.8. The minimum atomic E-state index is -1.27. The van der Waals surface area contributed by atoms with Crippen LogP contribution in [0, 0.1) is 0 Å². The van der Waals surface area contributed by atoms with Gasteiger partial charge >= 0.3 is 100 Å². The standard InChI is InChI=1S/C13H9.C9H22OSi2.C5H5.2ClH.Zr/c1-3-7-12-10(5-1)9-11-6-2-4-8-13(11)12;1-7-12(5,6)9-8-10-11(2,3)4;1-2-4-5-3-1;;;/h1-9H;8-9H2,1-6H3;1-5H;2*1H;/q-1;;-1;;;+2/p-2. The quantitative estimate of drug-likeness (QED) is 0.254. The Balaban J connectivity index is 0.000000489. The molecule has 0 bridgehead atoms. The fourth-order valence-electron chi connectivity index (χ4n) is 3.02. The molecule has 0 N–H and O–H groups in total. The predicted molar refractivity (Wildman–Crippen MR) is 141 cm³/mol. The number of benzene rings is 2. The first-order chi connectivity index (χ1) is 14.6. The maximum Gasteiger partial charge on any atom is -0.0771 e. The molecule has 0 spiro atoms. The molecule has 1 nitrogen and oxygen atoms in total. The molecule has 6 heteroatoms. The van der Waals surface area contributed by atoms with Gasteiger partial charge in [0.1, 0.15) is 0 Å². The summed E-state index contributed by atoms with van der Waals surface area (Å²) in [5, 5.41) is 5.39. The third kappa shape index (κ3) is 11.6. The molecule has 4 aromatic rings. The van der Waals surface area contributed by atoms with Gasteiger partial charge < -0.3 is 24.8 Å². The third-order valence-corrected chi connectivity index (χ3v) is 14.9. The van der Waals surface area contributed by atoms with E-state index >= 15 is 0 Å². The van der Waals surface area contributed by atoms with Crippen LogP contribution in [0.25, 0.3) is 21.5 Å². The van der Waals surface area contributed by atoms with Crippen LogP contribution >= 0.6 is 0 Å². The SMILES string of the molecule is C[C](=[Zr+2])[Si](C)(C)CCO[Si](C)(C)C.[Cl-].[Cl-].c1cc[cH-]c1.c1ccc2c(c1)[cH-]c1ccccc12. The van der Waals surface area contributed by atoms with Gasteiger partial charge in [0.2, 0.25) is 0 Å². The second-order valence-electron chi connectivity index (χ2n) is 9.50. The summed E-state index contributed by atoms with van der Waals surface area (Å²) in [5.41, 5.74) is 0. The van der Waals surface area contributed by atoms with E-state index < -0.39 is 16.4 Å². The fourth-order valence-corrected chi connectivity index (χ4v) is 5.85. The molecule has 178 valence electrons. The van der Waals surface area contributed by atoms with Gasteiger partial charge in [0.15, 0.2) is 0 Å². The number of hydrogen-bond acceptors (Lipinski definition) is 1. The van der Waals surface area contributed by atoms with Crippen molar-refractivity contribution in [1.29, 1.82) is 0 Å². The molecule has 4 aromatic carbocycles. The van der Waals surface area contributed by atoms with Crippen molar-refractivity contribution < 1.29 is 53.5 Å². The van der Waals surface area contributed by atoms with Crippen LogP contribution < -0.4 is 24.8 Å². The summed E-state index contributed by atoms with van der Waals surface area (Å²) in [4.78, 5) is 0. The Morgan fingerprint density at radius 3 is 1.61 bits per heavy atom. The summed E-state index contributed by atoms with van der Waals surface area (Å²) in [7, 11) is -2.30. The van der Waals surface area contributed by atoms with Gasteiger partial charge in [-0.25, -0.2) is 12.1 Å². The Bertz CT molecular complexity index is 999. The number of fused-ring (bicyclic) bond motifs is 3. The zero-order valence-corrected chi connectivity index (χ0v) is 26.6. The summed E-state index contributed by atoms with van der Waals surface area (Å²) >= 11 is 1.62. The van der Waals surface area contributed by atoms with Gasteiger partial charge in [0, 0.05) is 0 Å². The molecular weight excluding hydrogens is 559 g/mol. The van der Waals surface area contributed by atoms with E-state index in [2.05, 4.69) is 94.3 Å². The largest absolute Gasteiger partial charge is 1.00 e. The summed E-state index contributed by atoms with van der Waals surface area (Å²) < 4.78 is 7.61. The number of rotatable bonds is 5. The first kappa shape index (κ1) is 32.4. The monoisotopic (exact) mass is 592 g/mol. The van der Waals surface area contributed by atoms with E-state index in [0.29, 0.717) is 0 Å². The Labute approximate surface area is 229 Å². The van der Waals surface area contributed by atoms with E-state index in [-0.39, 0.29) is 24.8 Å². The van der Waals surface area contributed by atoms with Crippen molar-refractivity contribution in [3.05, 3.63) is 84.9 Å². The molecule has 0 aromatic heterocycles. The van der Waals surface area contributed by atoms with Crippen LogP contribution in [0.4, 0.5) is 0 Å². The van der Waals surface area contributed by atoms with E-state index in [1.807, 2.05) is 30.3 Å². The number of hydrogen-bond donors (Lipinski definition) is 0. The summed E-state index contributed by atoms with van der Waals surface area (Å²) in [6, 6.07) is 30.6. The molecule has 0 atom stereocenters. The van der Waals surface area contributed by atoms with Gasteiger partial charge in [0.25, 0.3) is 0 Å². The summed E-state index contributed by atoms with van der Waals surface area (Å²) in [5.74, 6) is 0. The smallest absolute Gasteiger partial charge is 0.0771 e. The number of halogens is 2. The maximum absolute atomic E-state index is 5.89. The molecule has 4 rings (SSSR count). The average molecular weight is 595 g/mol. The van der Waals surface area contributed by atoms with Crippen molar-refractivity contribution in [3.63, 3.8) is 0 Å². The van der Waals surface area contributed by atoms with E-state index in [0.717, 1.165) is 6.61 Å². The Kier molecular flexibility index (Phi) is 15.1. The van der Waals surface area contributed by atoms with Crippen LogP contribution in [0.1, 0.15) is 6.92 Å². The topological polar surface area (TPSA) is 9.23 Å². The van der Waals surface area contributed by atoms with E-state index in [9.17, 15) is 0 Å². The Morgan fingerprint density at radius 2 is 1.24 bits per heavy atom. The third-order valence-electron chi connectivity index (χ3n) is 5.36. The van der Waals surface area contributed by atoms with Crippen molar-refractivity contribution in [2.24, 2.45) is 0 Å². The van der Waals surface area contributed by atoms with Crippen LogP contribution in [-0.2, 0) is 28.7 Å². The molecule has 0 unspecified atom stereocenters. The van der Waals surface area contributed by atoms with Crippen LogP contribution in [0.15, 0.2) is 84.9 Å². The molecular formula is C27H36Cl2OSi2Zr-2. The minimum absolute atomic E-state index is 0. The van der Waals surface area contributed by atoms with Crippen molar-refractivity contribution in [1.82, 2.24) is 0 Å². The predicted octanol–water partition coefficient (Wildman–Crippen LogP) is 1.95. The second-order valence-corrected chi connectivity index (χ2v) is 22.1. The molecule has 0 aliphatic heterocycles. The maximum atomic E-state index is 5.89. The fraction of sp³-hybridized carbons (Fsp3) is 0.296. The van der Waals surface area contributed by atoms with Crippen LogP contribution in [-0.4, -0.2) is 25.8 Å². The molecule has 0 saturated carbocycles. The molecule has 0 fully saturated rings. The van der Waals surface area contributed by atoms with Crippen molar-refractivity contribution in [3.8, 4) is 0 Å². The Hall–Kier alpha value is -0.613. The first-order valence-electron chi connectivity index (χ1n) is 11.0. The van der Waals surface area contributed by atoms with E-state index in [1.165, 1.54) is 27.6 Å². The van der Waals surface area contributed by atoms with Gasteiger partial charge in [-0.05, 0) is 0 Å². The minimum Gasteiger partial charge on any atom is -1.00 e. The zero-order valence-electron chi connectivity index (χ0n) is 20.7. The Morgan fingerprint density at radius 1 is 0.788 bits per heavy atom. The molecule has 0 aliphatic rings. The summed E-state index contributed by atoms with van der Waals surface area (Å²) in [6.45, 7) is 15.0. The first-order valence-corrected chi connectivity index (χ1v) is 18.8. The molecule has 0 amide bonds. The second kappa shape index (κ2) is 15.4. The van der Waals surface area contributed by atoms with Gasteiger partial charge in [-0.1, -0.05) is 36.4 Å². The molecule has 0 saturated heterocycles. The molecule has 0 radical (unpaired) electrons. The molecule has 33 heavy (non-hydrogen) atoms. The molecule has 0 aliphatic carbocycles. The van der Waals surface area contributed by atoms with Crippen molar-refractivity contribution in [2.75, 3.05) is 6.61 Å². The van der Waals surface area contributed by atoms with Crippen LogP contribution in [0.5, 0.6) is 0 Å². The average Bonchev–Trinajstić information content (AvgIpc) is 3.39. The van der Waals surface area contributed by atoms with Crippen LogP contribution in [0.2, 0.25) is 38.8 Å². The van der Waals surface area contributed by atoms with Gasteiger partial charge in [0.05, 0.1) is 0 Å².